The van der Waals surface area contributed by atoms with Crippen molar-refractivity contribution in [2.75, 3.05) is 10.2 Å². The Labute approximate surface area is 166 Å². The fourth-order valence-corrected chi connectivity index (χ4v) is 3.17. The largest absolute Gasteiger partial charge is 0.350 e. The minimum absolute atomic E-state index is 0.0359. The van der Waals surface area contributed by atoms with Crippen LogP contribution in [-0.4, -0.2) is 11.8 Å². The number of aryl methyl sites for hydroxylation is 1. The summed E-state index contributed by atoms with van der Waals surface area (Å²) in [6.07, 6.45) is 0. The van der Waals surface area contributed by atoms with Gasteiger partial charge in [0.15, 0.2) is 0 Å². The molecular weight excluding hydrogens is 374 g/mol. The molecule has 1 heterocycles. The molecule has 0 bridgehead atoms. The van der Waals surface area contributed by atoms with Crippen molar-refractivity contribution >= 4 is 28.8 Å². The molecule has 4 nitrogen and oxygen atoms in total. The molecule has 4 rings (SSSR count). The zero-order valence-electron chi connectivity index (χ0n) is 15.4. The number of nitrogens with zero attached hydrogens (tertiary/aromatic N) is 1. The van der Waals surface area contributed by atoms with E-state index in [1.54, 1.807) is 18.2 Å². The van der Waals surface area contributed by atoms with E-state index in [-0.39, 0.29) is 17.0 Å². The molecule has 29 heavy (non-hydrogen) atoms. The van der Waals surface area contributed by atoms with Crippen LogP contribution in [0.2, 0.25) is 0 Å². The van der Waals surface area contributed by atoms with Crippen LogP contribution in [0.15, 0.2) is 78.5 Å². The highest BCUT2D eigenvalue weighted by atomic mass is 19.1. The molecule has 0 saturated carbocycles. The Bertz CT molecular complexity index is 1140. The SMILES string of the molecule is Cc1ccc(C2=C(Nc3cccc(F)c3)C(=O)N(c3ccc(F)cc3)C2=O)cc1. The third kappa shape index (κ3) is 3.52. The number of benzene rings is 3. The van der Waals surface area contributed by atoms with Gasteiger partial charge in [0.2, 0.25) is 0 Å². The maximum atomic E-state index is 13.6. The molecule has 0 radical (unpaired) electrons. The minimum atomic E-state index is -0.596. The zero-order chi connectivity index (χ0) is 20.5. The van der Waals surface area contributed by atoms with Crippen LogP contribution in [0, 0.1) is 18.6 Å². The molecular formula is C23H16F2N2O2. The number of carbonyl (C=O) groups is 2. The van der Waals surface area contributed by atoms with Gasteiger partial charge >= 0.3 is 0 Å². The first-order chi connectivity index (χ1) is 13.9. The Morgan fingerprint density at radius 2 is 1.48 bits per heavy atom. The lowest BCUT2D eigenvalue weighted by Crippen LogP contribution is -2.32. The molecule has 1 aliphatic rings. The molecule has 0 aromatic heterocycles. The number of halogens is 2. The van der Waals surface area contributed by atoms with Crippen molar-refractivity contribution in [1.82, 2.24) is 0 Å². The van der Waals surface area contributed by atoms with Gasteiger partial charge in [-0.2, -0.15) is 0 Å². The van der Waals surface area contributed by atoms with Gasteiger partial charge in [0.1, 0.15) is 17.3 Å². The van der Waals surface area contributed by atoms with E-state index >= 15 is 0 Å². The minimum Gasteiger partial charge on any atom is -0.350 e. The highest BCUT2D eigenvalue weighted by Crippen LogP contribution is 2.34. The van der Waals surface area contributed by atoms with Crippen LogP contribution in [-0.2, 0) is 9.59 Å². The summed E-state index contributed by atoms with van der Waals surface area (Å²) in [5.41, 5.74) is 2.35. The van der Waals surface area contributed by atoms with E-state index in [4.69, 9.17) is 0 Å². The Morgan fingerprint density at radius 1 is 0.793 bits per heavy atom. The fourth-order valence-electron chi connectivity index (χ4n) is 3.17. The van der Waals surface area contributed by atoms with Crippen molar-refractivity contribution < 1.29 is 18.4 Å². The predicted molar refractivity (Wildman–Crippen MR) is 107 cm³/mol. The summed E-state index contributed by atoms with van der Waals surface area (Å²) in [5.74, 6) is -2.08. The maximum Gasteiger partial charge on any atom is 0.282 e. The van der Waals surface area contributed by atoms with Crippen molar-refractivity contribution in [2.24, 2.45) is 0 Å². The van der Waals surface area contributed by atoms with E-state index in [0.717, 1.165) is 10.5 Å². The smallest absolute Gasteiger partial charge is 0.282 e. The molecule has 1 N–H and O–H groups in total. The first-order valence-electron chi connectivity index (χ1n) is 8.92. The van der Waals surface area contributed by atoms with Gasteiger partial charge in [0.25, 0.3) is 11.8 Å². The van der Waals surface area contributed by atoms with E-state index in [1.165, 1.54) is 42.5 Å². The van der Waals surface area contributed by atoms with Gasteiger partial charge in [0.05, 0.1) is 11.3 Å². The van der Waals surface area contributed by atoms with Gasteiger partial charge in [-0.15, -0.1) is 0 Å². The molecule has 6 heteroatoms. The number of amides is 2. The lowest BCUT2D eigenvalue weighted by atomic mass is 10.0. The van der Waals surface area contributed by atoms with Crippen LogP contribution in [0.1, 0.15) is 11.1 Å². The average Bonchev–Trinajstić information content (AvgIpc) is 2.93. The van der Waals surface area contributed by atoms with Crippen LogP contribution in [0.25, 0.3) is 5.57 Å². The van der Waals surface area contributed by atoms with E-state index in [1.807, 2.05) is 19.1 Å². The van der Waals surface area contributed by atoms with E-state index < -0.39 is 23.4 Å². The number of rotatable bonds is 4. The molecule has 2 amide bonds. The number of carbonyl (C=O) groups excluding carboxylic acids is 2. The summed E-state index contributed by atoms with van der Waals surface area (Å²) >= 11 is 0. The second-order valence-corrected chi connectivity index (χ2v) is 6.67. The lowest BCUT2D eigenvalue weighted by Gasteiger charge is -2.15. The van der Waals surface area contributed by atoms with Crippen molar-refractivity contribution in [2.45, 2.75) is 6.92 Å². The summed E-state index contributed by atoms with van der Waals surface area (Å²) in [4.78, 5) is 27.3. The van der Waals surface area contributed by atoms with Gasteiger partial charge < -0.3 is 5.32 Å². The topological polar surface area (TPSA) is 49.4 Å². The Hall–Kier alpha value is -3.80. The van der Waals surface area contributed by atoms with Gasteiger partial charge in [0, 0.05) is 5.69 Å². The molecule has 0 aliphatic carbocycles. The second kappa shape index (κ2) is 7.31. The molecule has 0 fully saturated rings. The summed E-state index contributed by atoms with van der Waals surface area (Å²) in [6, 6.07) is 17.9. The molecule has 1 aliphatic heterocycles. The van der Waals surface area contributed by atoms with Crippen molar-refractivity contribution in [3.8, 4) is 0 Å². The summed E-state index contributed by atoms with van der Waals surface area (Å²) in [7, 11) is 0. The molecule has 144 valence electrons. The number of hydrogen-bond acceptors (Lipinski definition) is 3. The normalized spacial score (nSPS) is 14.0. The Kier molecular flexibility index (Phi) is 4.68. The molecule has 3 aromatic rings. The standard InChI is InChI=1S/C23H16F2N2O2/c1-14-5-7-15(8-6-14)20-21(26-18-4-2-3-17(25)13-18)23(29)27(22(20)28)19-11-9-16(24)10-12-19/h2-13,26H,1H3. The van der Waals surface area contributed by atoms with Gasteiger partial charge in [-0.1, -0.05) is 35.9 Å². The first-order valence-corrected chi connectivity index (χ1v) is 8.92. The highest BCUT2D eigenvalue weighted by molar-refractivity contribution is 6.46. The first kappa shape index (κ1) is 18.6. The zero-order valence-corrected chi connectivity index (χ0v) is 15.4. The fraction of sp³-hybridized carbons (Fsp3) is 0.0435. The average molecular weight is 390 g/mol. The highest BCUT2D eigenvalue weighted by Gasteiger charge is 2.40. The van der Waals surface area contributed by atoms with E-state index in [0.29, 0.717) is 11.3 Å². The third-order valence-electron chi connectivity index (χ3n) is 4.60. The maximum absolute atomic E-state index is 13.6. The monoisotopic (exact) mass is 390 g/mol. The van der Waals surface area contributed by atoms with Crippen molar-refractivity contribution in [3.05, 3.63) is 101 Å². The third-order valence-corrected chi connectivity index (χ3v) is 4.60. The van der Waals surface area contributed by atoms with Crippen LogP contribution in [0.3, 0.4) is 0 Å². The number of nitrogens with one attached hydrogen (secondary N) is 1. The van der Waals surface area contributed by atoms with Crippen LogP contribution >= 0.6 is 0 Å². The van der Waals surface area contributed by atoms with Crippen LogP contribution in [0.4, 0.5) is 20.2 Å². The number of imide groups is 1. The number of hydrogen-bond donors (Lipinski definition) is 1. The molecule has 0 unspecified atom stereocenters. The predicted octanol–water partition coefficient (Wildman–Crippen LogP) is 4.67. The van der Waals surface area contributed by atoms with Crippen molar-refractivity contribution in [1.29, 1.82) is 0 Å². The Morgan fingerprint density at radius 3 is 2.14 bits per heavy atom. The number of anilines is 2. The van der Waals surface area contributed by atoms with Crippen LogP contribution in [0.5, 0.6) is 0 Å². The van der Waals surface area contributed by atoms with Crippen LogP contribution < -0.4 is 10.2 Å². The van der Waals surface area contributed by atoms with Gasteiger partial charge in [-0.3, -0.25) is 9.59 Å². The molecule has 0 spiro atoms. The quantitative estimate of drug-likeness (QED) is 0.659. The molecule has 3 aromatic carbocycles. The molecule has 0 saturated heterocycles. The molecule has 0 atom stereocenters. The van der Waals surface area contributed by atoms with Crippen molar-refractivity contribution in [3.63, 3.8) is 0 Å². The summed E-state index contributed by atoms with van der Waals surface area (Å²) < 4.78 is 26.9. The van der Waals surface area contributed by atoms with Gasteiger partial charge in [-0.25, -0.2) is 13.7 Å². The van der Waals surface area contributed by atoms with Gasteiger partial charge in [-0.05, 0) is 55.0 Å². The summed E-state index contributed by atoms with van der Waals surface area (Å²) in [5, 5.41) is 2.89. The van der Waals surface area contributed by atoms with E-state index in [9.17, 15) is 18.4 Å². The Balaban J connectivity index is 1.82. The summed E-state index contributed by atoms with van der Waals surface area (Å²) in [6.45, 7) is 1.91. The second-order valence-electron chi connectivity index (χ2n) is 6.67. The lowest BCUT2D eigenvalue weighted by molar-refractivity contribution is -0.120. The van der Waals surface area contributed by atoms with E-state index in [2.05, 4.69) is 5.32 Å².